The van der Waals surface area contributed by atoms with Gasteiger partial charge in [0, 0.05) is 36.9 Å². The van der Waals surface area contributed by atoms with Crippen LogP contribution < -0.4 is 0 Å². The maximum atomic E-state index is 12.4. The topological polar surface area (TPSA) is 65.2 Å². The van der Waals surface area contributed by atoms with Crippen LogP contribution in [0.15, 0.2) is 36.7 Å². The molecule has 0 atom stereocenters. The zero-order valence-electron chi connectivity index (χ0n) is 11.8. The summed E-state index contributed by atoms with van der Waals surface area (Å²) < 4.78 is 1.89. The molecular formula is C15H20N2O3. The van der Waals surface area contributed by atoms with Gasteiger partial charge in [-0.05, 0) is 18.2 Å². The first-order chi connectivity index (χ1) is 9.49. The number of aliphatic hydroxyl groups excluding tert-OH is 2. The maximum absolute atomic E-state index is 12.4. The van der Waals surface area contributed by atoms with Crippen molar-refractivity contribution in [1.29, 1.82) is 0 Å². The van der Waals surface area contributed by atoms with Gasteiger partial charge >= 0.3 is 0 Å². The molecule has 0 aliphatic heterocycles. The Balaban J connectivity index is 2.18. The third kappa shape index (κ3) is 2.84. The van der Waals surface area contributed by atoms with Gasteiger partial charge in [-0.25, -0.2) is 0 Å². The lowest BCUT2D eigenvalue weighted by molar-refractivity contribution is 0.0366. The van der Waals surface area contributed by atoms with Crippen molar-refractivity contribution in [3.63, 3.8) is 0 Å². The molecule has 0 saturated heterocycles. The van der Waals surface area contributed by atoms with Crippen LogP contribution in [0.2, 0.25) is 0 Å². The fourth-order valence-electron chi connectivity index (χ4n) is 2.19. The van der Waals surface area contributed by atoms with Gasteiger partial charge in [0.25, 0.3) is 5.91 Å². The summed E-state index contributed by atoms with van der Waals surface area (Å²) >= 11 is 0. The molecule has 0 aliphatic carbocycles. The highest BCUT2D eigenvalue weighted by molar-refractivity contribution is 5.95. The molecule has 0 unspecified atom stereocenters. The van der Waals surface area contributed by atoms with Gasteiger partial charge in [0.05, 0.1) is 18.8 Å². The Morgan fingerprint density at radius 2 is 2.05 bits per heavy atom. The van der Waals surface area contributed by atoms with Crippen LogP contribution in [-0.2, 0) is 0 Å². The summed E-state index contributed by atoms with van der Waals surface area (Å²) in [4.78, 5) is 13.9. The van der Waals surface area contributed by atoms with Crippen molar-refractivity contribution >= 4 is 11.4 Å². The largest absolute Gasteiger partial charge is 0.396 e. The Kier molecular flexibility index (Phi) is 4.11. The Labute approximate surface area is 118 Å². The molecule has 0 aliphatic rings. The highest BCUT2D eigenvalue weighted by atomic mass is 16.3. The third-order valence-corrected chi connectivity index (χ3v) is 3.48. The summed E-state index contributed by atoms with van der Waals surface area (Å²) in [5.74, 6) is -0.123. The summed E-state index contributed by atoms with van der Waals surface area (Å²) in [7, 11) is 1.67. The molecule has 2 aromatic rings. The maximum Gasteiger partial charge on any atom is 0.255 e. The molecule has 2 rings (SSSR count). The fourth-order valence-corrected chi connectivity index (χ4v) is 2.19. The van der Waals surface area contributed by atoms with E-state index in [1.165, 1.54) is 4.90 Å². The van der Waals surface area contributed by atoms with Crippen molar-refractivity contribution in [3.05, 3.63) is 42.2 Å². The smallest absolute Gasteiger partial charge is 0.255 e. The van der Waals surface area contributed by atoms with Crippen LogP contribution in [0.3, 0.4) is 0 Å². The Morgan fingerprint density at radius 3 is 2.65 bits per heavy atom. The van der Waals surface area contributed by atoms with E-state index in [-0.39, 0.29) is 19.1 Å². The molecule has 2 heterocycles. The molecule has 5 heteroatoms. The number of nitrogens with zero attached hydrogens (tertiary/aromatic N) is 2. The molecule has 0 spiro atoms. The molecule has 1 amide bonds. The highest BCUT2D eigenvalue weighted by Crippen LogP contribution is 2.18. The number of aliphatic hydroxyl groups is 2. The standard InChI is InChI=1S/C15H20N2O3/c1-15(10-18,11-19)9-16(2)14(20)12-7-13-5-3-4-6-17(13)8-12/h3-8,18-19H,9-11H2,1-2H3. The monoisotopic (exact) mass is 276 g/mol. The van der Waals surface area contributed by atoms with E-state index >= 15 is 0 Å². The molecule has 20 heavy (non-hydrogen) atoms. The van der Waals surface area contributed by atoms with Gasteiger partial charge in [-0.1, -0.05) is 13.0 Å². The number of rotatable bonds is 5. The third-order valence-electron chi connectivity index (χ3n) is 3.48. The van der Waals surface area contributed by atoms with Gasteiger partial charge in [0.15, 0.2) is 0 Å². The van der Waals surface area contributed by atoms with E-state index in [4.69, 9.17) is 0 Å². The molecule has 0 bridgehead atoms. The normalized spacial score (nSPS) is 11.8. The minimum absolute atomic E-state index is 0.123. The number of pyridine rings is 1. The molecular weight excluding hydrogens is 256 g/mol. The Morgan fingerprint density at radius 1 is 1.35 bits per heavy atom. The fraction of sp³-hybridized carbons (Fsp3) is 0.400. The molecule has 2 aromatic heterocycles. The number of amides is 1. The number of fused-ring (bicyclic) bond motifs is 1. The van der Waals surface area contributed by atoms with Gasteiger partial charge < -0.3 is 19.5 Å². The van der Waals surface area contributed by atoms with E-state index in [2.05, 4.69) is 0 Å². The average Bonchev–Trinajstić information content (AvgIpc) is 2.90. The van der Waals surface area contributed by atoms with E-state index in [1.54, 1.807) is 20.2 Å². The van der Waals surface area contributed by atoms with Crippen LogP contribution in [-0.4, -0.2) is 52.2 Å². The quantitative estimate of drug-likeness (QED) is 0.856. The van der Waals surface area contributed by atoms with Gasteiger partial charge in [0.1, 0.15) is 0 Å². The van der Waals surface area contributed by atoms with Crippen LogP contribution in [0.5, 0.6) is 0 Å². The molecule has 0 fully saturated rings. The molecule has 0 radical (unpaired) electrons. The molecule has 0 aromatic carbocycles. The lowest BCUT2D eigenvalue weighted by Crippen LogP contribution is -2.41. The molecule has 2 N–H and O–H groups in total. The van der Waals surface area contributed by atoms with Crippen LogP contribution in [0.4, 0.5) is 0 Å². The summed E-state index contributed by atoms with van der Waals surface area (Å²) in [6, 6.07) is 7.58. The van der Waals surface area contributed by atoms with Gasteiger partial charge in [-0.2, -0.15) is 0 Å². The van der Waals surface area contributed by atoms with E-state index in [0.717, 1.165) is 5.52 Å². The number of carbonyl (C=O) groups excluding carboxylic acids is 1. The zero-order valence-corrected chi connectivity index (χ0v) is 11.8. The second-order valence-electron chi connectivity index (χ2n) is 5.55. The van der Waals surface area contributed by atoms with Crippen LogP contribution in [0.25, 0.3) is 5.52 Å². The lowest BCUT2D eigenvalue weighted by atomic mass is 9.92. The lowest BCUT2D eigenvalue weighted by Gasteiger charge is -2.30. The Hall–Kier alpha value is -1.85. The zero-order chi connectivity index (χ0) is 14.8. The van der Waals surface area contributed by atoms with Crippen molar-refractivity contribution < 1.29 is 15.0 Å². The van der Waals surface area contributed by atoms with Crippen molar-refractivity contribution in [3.8, 4) is 0 Å². The molecule has 5 nitrogen and oxygen atoms in total. The summed E-state index contributed by atoms with van der Waals surface area (Å²) in [5, 5.41) is 18.6. The van der Waals surface area contributed by atoms with Gasteiger partial charge in [-0.15, -0.1) is 0 Å². The number of carbonyl (C=O) groups is 1. The van der Waals surface area contributed by atoms with E-state index in [1.807, 2.05) is 34.9 Å². The van der Waals surface area contributed by atoms with Crippen LogP contribution in [0, 0.1) is 5.41 Å². The van der Waals surface area contributed by atoms with Crippen LogP contribution >= 0.6 is 0 Å². The van der Waals surface area contributed by atoms with Gasteiger partial charge in [0.2, 0.25) is 0 Å². The number of hydrogen-bond acceptors (Lipinski definition) is 3. The summed E-state index contributed by atoms with van der Waals surface area (Å²) in [5.41, 5.74) is 0.858. The first kappa shape index (κ1) is 14.6. The number of aromatic nitrogens is 1. The SMILES string of the molecule is CN(CC(C)(CO)CO)C(=O)c1cc2ccccn2c1. The first-order valence-corrected chi connectivity index (χ1v) is 6.53. The predicted octanol–water partition coefficient (Wildman–Crippen LogP) is 1.00. The minimum atomic E-state index is -0.691. The van der Waals surface area contributed by atoms with Gasteiger partial charge in [-0.3, -0.25) is 4.79 Å². The van der Waals surface area contributed by atoms with E-state index < -0.39 is 5.41 Å². The number of hydrogen-bond donors (Lipinski definition) is 2. The van der Waals surface area contributed by atoms with E-state index in [0.29, 0.717) is 12.1 Å². The average molecular weight is 276 g/mol. The molecule has 108 valence electrons. The molecule has 0 saturated carbocycles. The second kappa shape index (κ2) is 5.64. The van der Waals surface area contributed by atoms with Crippen molar-refractivity contribution in [1.82, 2.24) is 9.30 Å². The van der Waals surface area contributed by atoms with Crippen molar-refractivity contribution in [2.45, 2.75) is 6.92 Å². The van der Waals surface area contributed by atoms with E-state index in [9.17, 15) is 15.0 Å². The first-order valence-electron chi connectivity index (χ1n) is 6.53. The van der Waals surface area contributed by atoms with Crippen molar-refractivity contribution in [2.75, 3.05) is 26.8 Å². The van der Waals surface area contributed by atoms with Crippen LogP contribution in [0.1, 0.15) is 17.3 Å². The second-order valence-corrected chi connectivity index (χ2v) is 5.55. The highest BCUT2D eigenvalue weighted by Gasteiger charge is 2.27. The minimum Gasteiger partial charge on any atom is -0.396 e. The Bertz CT molecular complexity index is 569. The summed E-state index contributed by atoms with van der Waals surface area (Å²) in [6.07, 6.45) is 3.67. The summed E-state index contributed by atoms with van der Waals surface area (Å²) in [6.45, 7) is 1.70. The van der Waals surface area contributed by atoms with Crippen molar-refractivity contribution in [2.24, 2.45) is 5.41 Å². The predicted molar refractivity (Wildman–Crippen MR) is 76.6 cm³/mol.